The lowest BCUT2D eigenvalue weighted by Gasteiger charge is -2.10. The Morgan fingerprint density at radius 1 is 1.00 bits per heavy atom. The normalized spacial score (nSPS) is 13.4. The van der Waals surface area contributed by atoms with Crippen molar-refractivity contribution in [1.82, 2.24) is 10.3 Å². The lowest BCUT2D eigenvalue weighted by Crippen LogP contribution is -2.18. The Bertz CT molecular complexity index is 992. The molecule has 1 aliphatic carbocycles. The first kappa shape index (κ1) is 16.3. The predicted molar refractivity (Wildman–Crippen MR) is 102 cm³/mol. The Kier molecular flexibility index (Phi) is 4.13. The van der Waals surface area contributed by atoms with Gasteiger partial charge in [0, 0.05) is 35.3 Å². The average molecular weight is 345 g/mol. The van der Waals surface area contributed by atoms with Gasteiger partial charge in [0.15, 0.2) is 0 Å². The summed E-state index contributed by atoms with van der Waals surface area (Å²) in [5.41, 5.74) is 3.67. The third kappa shape index (κ3) is 3.16. The highest BCUT2D eigenvalue weighted by molar-refractivity contribution is 6.12. The van der Waals surface area contributed by atoms with Crippen molar-refractivity contribution in [2.75, 3.05) is 12.4 Å². The van der Waals surface area contributed by atoms with E-state index in [1.54, 1.807) is 31.3 Å². The van der Waals surface area contributed by atoms with Gasteiger partial charge in [-0.15, -0.1) is 0 Å². The molecular formula is C21H19N3O2. The minimum atomic E-state index is -0.168. The van der Waals surface area contributed by atoms with Crippen LogP contribution in [0.1, 0.15) is 45.2 Å². The summed E-state index contributed by atoms with van der Waals surface area (Å²) in [6, 6.07) is 16.5. The van der Waals surface area contributed by atoms with Crippen molar-refractivity contribution in [3.8, 4) is 0 Å². The zero-order valence-corrected chi connectivity index (χ0v) is 14.5. The van der Waals surface area contributed by atoms with Crippen LogP contribution in [0.5, 0.6) is 0 Å². The fraction of sp³-hybridized carbons (Fsp3) is 0.190. The minimum Gasteiger partial charge on any atom is -0.355 e. The number of carbonyl (C=O) groups excluding carboxylic acids is 2. The van der Waals surface area contributed by atoms with E-state index >= 15 is 0 Å². The fourth-order valence-electron chi connectivity index (χ4n) is 3.02. The maximum atomic E-state index is 12.9. The van der Waals surface area contributed by atoms with Gasteiger partial charge in [0.25, 0.3) is 11.8 Å². The number of carbonyl (C=O) groups is 2. The van der Waals surface area contributed by atoms with Gasteiger partial charge in [-0.2, -0.15) is 0 Å². The molecule has 5 heteroatoms. The molecule has 1 heterocycles. The summed E-state index contributed by atoms with van der Waals surface area (Å²) in [5.74, 6) is 0.147. The van der Waals surface area contributed by atoms with E-state index in [1.807, 2.05) is 30.3 Å². The van der Waals surface area contributed by atoms with Crippen LogP contribution >= 0.6 is 0 Å². The Hall–Kier alpha value is -3.21. The number of rotatable bonds is 4. The number of benzene rings is 2. The van der Waals surface area contributed by atoms with Crippen LogP contribution < -0.4 is 10.6 Å². The van der Waals surface area contributed by atoms with E-state index in [1.165, 1.54) is 0 Å². The SMILES string of the molecule is CNC(=O)c1ccc(NC(=O)c2cc(C3CC3)nc3ccccc23)cc1. The van der Waals surface area contributed by atoms with Crippen molar-refractivity contribution >= 4 is 28.4 Å². The first-order valence-electron chi connectivity index (χ1n) is 8.69. The summed E-state index contributed by atoms with van der Waals surface area (Å²) in [6.45, 7) is 0. The van der Waals surface area contributed by atoms with Crippen LogP contribution in [0.25, 0.3) is 10.9 Å². The van der Waals surface area contributed by atoms with Gasteiger partial charge < -0.3 is 10.6 Å². The molecule has 0 atom stereocenters. The van der Waals surface area contributed by atoms with Crippen LogP contribution in [0, 0.1) is 0 Å². The molecule has 0 unspecified atom stereocenters. The van der Waals surface area contributed by atoms with Crippen LogP contribution in [0.2, 0.25) is 0 Å². The second kappa shape index (κ2) is 6.59. The molecule has 3 aromatic rings. The second-order valence-electron chi connectivity index (χ2n) is 6.50. The van der Waals surface area contributed by atoms with Crippen LogP contribution in [-0.2, 0) is 0 Å². The number of hydrogen-bond acceptors (Lipinski definition) is 3. The van der Waals surface area contributed by atoms with E-state index in [9.17, 15) is 9.59 Å². The number of anilines is 1. The van der Waals surface area contributed by atoms with E-state index in [0.29, 0.717) is 22.7 Å². The first-order chi connectivity index (χ1) is 12.7. The maximum absolute atomic E-state index is 12.9. The first-order valence-corrected chi connectivity index (χ1v) is 8.69. The smallest absolute Gasteiger partial charge is 0.256 e. The Morgan fingerprint density at radius 3 is 2.42 bits per heavy atom. The van der Waals surface area contributed by atoms with Gasteiger partial charge >= 0.3 is 0 Å². The summed E-state index contributed by atoms with van der Waals surface area (Å²) in [4.78, 5) is 29.2. The van der Waals surface area contributed by atoms with Crippen LogP contribution in [0.3, 0.4) is 0 Å². The number of amides is 2. The van der Waals surface area contributed by atoms with Gasteiger partial charge in [-0.05, 0) is 49.2 Å². The molecule has 0 spiro atoms. The molecule has 130 valence electrons. The van der Waals surface area contributed by atoms with E-state index < -0.39 is 0 Å². The highest BCUT2D eigenvalue weighted by Gasteiger charge is 2.27. The third-order valence-corrected chi connectivity index (χ3v) is 4.61. The van der Waals surface area contributed by atoms with Gasteiger partial charge in [-0.3, -0.25) is 14.6 Å². The lowest BCUT2D eigenvalue weighted by atomic mass is 10.1. The zero-order chi connectivity index (χ0) is 18.1. The highest BCUT2D eigenvalue weighted by Crippen LogP contribution is 2.40. The number of nitrogens with one attached hydrogen (secondary N) is 2. The summed E-state index contributed by atoms with van der Waals surface area (Å²) in [7, 11) is 1.59. The molecule has 1 aliphatic rings. The molecule has 1 saturated carbocycles. The fourth-order valence-corrected chi connectivity index (χ4v) is 3.02. The van der Waals surface area contributed by atoms with Gasteiger partial charge in [0.1, 0.15) is 0 Å². The monoisotopic (exact) mass is 345 g/mol. The molecule has 0 radical (unpaired) electrons. The largest absolute Gasteiger partial charge is 0.355 e. The molecule has 2 N–H and O–H groups in total. The number of fused-ring (bicyclic) bond motifs is 1. The van der Waals surface area contributed by atoms with Crippen molar-refractivity contribution in [2.24, 2.45) is 0 Å². The molecule has 1 aromatic heterocycles. The molecule has 5 nitrogen and oxygen atoms in total. The molecule has 0 bridgehead atoms. The van der Waals surface area contributed by atoms with Crippen LogP contribution in [0.15, 0.2) is 54.6 Å². The van der Waals surface area contributed by atoms with Crippen molar-refractivity contribution in [1.29, 1.82) is 0 Å². The Balaban J connectivity index is 1.64. The van der Waals surface area contributed by atoms with Gasteiger partial charge in [-0.1, -0.05) is 18.2 Å². The topological polar surface area (TPSA) is 71.1 Å². The van der Waals surface area contributed by atoms with Crippen molar-refractivity contribution in [3.63, 3.8) is 0 Å². The Labute approximate surface area is 151 Å². The lowest BCUT2D eigenvalue weighted by molar-refractivity contribution is 0.0962. The van der Waals surface area contributed by atoms with Gasteiger partial charge in [-0.25, -0.2) is 0 Å². The van der Waals surface area contributed by atoms with E-state index in [-0.39, 0.29) is 11.8 Å². The zero-order valence-electron chi connectivity index (χ0n) is 14.5. The summed E-state index contributed by atoms with van der Waals surface area (Å²) < 4.78 is 0. The molecule has 1 fully saturated rings. The van der Waals surface area contributed by atoms with E-state index in [4.69, 9.17) is 4.98 Å². The molecule has 2 aromatic carbocycles. The third-order valence-electron chi connectivity index (χ3n) is 4.61. The molecule has 0 aliphatic heterocycles. The van der Waals surface area contributed by atoms with Crippen LogP contribution in [0.4, 0.5) is 5.69 Å². The maximum Gasteiger partial charge on any atom is 0.256 e. The summed E-state index contributed by atoms with van der Waals surface area (Å²) in [5, 5.41) is 6.34. The standard InChI is InChI=1S/C21H19N3O2/c1-22-20(25)14-8-10-15(11-9-14)23-21(26)17-12-19(13-6-7-13)24-18-5-3-2-4-16(17)18/h2-5,8-13H,6-7H2,1H3,(H,22,25)(H,23,26). The quantitative estimate of drug-likeness (QED) is 0.757. The predicted octanol–water partition coefficient (Wildman–Crippen LogP) is 3.72. The molecule has 0 saturated heterocycles. The molecule has 2 amide bonds. The van der Waals surface area contributed by atoms with E-state index in [2.05, 4.69) is 10.6 Å². The number of hydrogen-bond donors (Lipinski definition) is 2. The molecule has 4 rings (SSSR count). The summed E-state index contributed by atoms with van der Waals surface area (Å²) >= 11 is 0. The number of pyridine rings is 1. The van der Waals surface area contributed by atoms with E-state index in [0.717, 1.165) is 29.4 Å². The van der Waals surface area contributed by atoms with Crippen molar-refractivity contribution < 1.29 is 9.59 Å². The van der Waals surface area contributed by atoms with Crippen molar-refractivity contribution in [2.45, 2.75) is 18.8 Å². The summed E-state index contributed by atoms with van der Waals surface area (Å²) in [6.07, 6.45) is 2.26. The molecular weight excluding hydrogens is 326 g/mol. The van der Waals surface area contributed by atoms with Crippen molar-refractivity contribution in [3.05, 3.63) is 71.4 Å². The average Bonchev–Trinajstić information content (AvgIpc) is 3.52. The van der Waals surface area contributed by atoms with Crippen LogP contribution in [-0.4, -0.2) is 23.8 Å². The second-order valence-corrected chi connectivity index (χ2v) is 6.50. The highest BCUT2D eigenvalue weighted by atomic mass is 16.2. The Morgan fingerprint density at radius 2 is 1.73 bits per heavy atom. The minimum absolute atomic E-state index is 0.155. The van der Waals surface area contributed by atoms with Gasteiger partial charge in [0.05, 0.1) is 11.1 Å². The number of para-hydroxylation sites is 1. The van der Waals surface area contributed by atoms with Gasteiger partial charge in [0.2, 0.25) is 0 Å². The number of aromatic nitrogens is 1. The molecule has 26 heavy (non-hydrogen) atoms. The number of nitrogens with zero attached hydrogens (tertiary/aromatic N) is 1.